The molecule has 0 radical (unpaired) electrons. The summed E-state index contributed by atoms with van der Waals surface area (Å²) in [6.45, 7) is 7.81. The summed E-state index contributed by atoms with van der Waals surface area (Å²) < 4.78 is 11.4. The highest BCUT2D eigenvalue weighted by atomic mass is 127. The standard InChI is InChI=1S/C23H28N6O2.HI/c1-3-24-23(29-14-15-30-20(16-29)18-9-5-4-8-17(18)2)26-13-11-21-27-22(31-28-21)19-10-6-7-12-25-19;/h4-10,12,20H,3,11,13-16H2,1-2H3,(H,24,26);1H. The first-order valence-electron chi connectivity index (χ1n) is 10.7. The van der Waals surface area contributed by atoms with Crippen LogP contribution in [0, 0.1) is 6.92 Å². The molecule has 1 aromatic carbocycles. The number of halogens is 1. The monoisotopic (exact) mass is 548 g/mol. The molecule has 2 aromatic heterocycles. The van der Waals surface area contributed by atoms with Gasteiger partial charge in [0, 0.05) is 32.3 Å². The van der Waals surface area contributed by atoms with E-state index < -0.39 is 0 Å². The van der Waals surface area contributed by atoms with Crippen molar-refractivity contribution in [1.29, 1.82) is 0 Å². The molecule has 1 saturated heterocycles. The lowest BCUT2D eigenvalue weighted by Crippen LogP contribution is -2.48. The van der Waals surface area contributed by atoms with Crippen molar-refractivity contribution in [2.24, 2.45) is 4.99 Å². The van der Waals surface area contributed by atoms with Gasteiger partial charge in [0.2, 0.25) is 0 Å². The molecule has 1 fully saturated rings. The quantitative estimate of drug-likeness (QED) is 0.286. The minimum absolute atomic E-state index is 0. The van der Waals surface area contributed by atoms with E-state index in [4.69, 9.17) is 14.3 Å². The Morgan fingerprint density at radius 2 is 2.06 bits per heavy atom. The van der Waals surface area contributed by atoms with Gasteiger partial charge in [-0.2, -0.15) is 4.98 Å². The molecular weight excluding hydrogens is 519 g/mol. The molecular formula is C23H29IN6O2. The first-order chi connectivity index (χ1) is 15.2. The van der Waals surface area contributed by atoms with E-state index in [1.807, 2.05) is 18.2 Å². The smallest absolute Gasteiger partial charge is 0.276 e. The molecule has 1 aliphatic heterocycles. The summed E-state index contributed by atoms with van der Waals surface area (Å²) in [5, 5.41) is 7.46. The number of hydrogen-bond acceptors (Lipinski definition) is 6. The zero-order chi connectivity index (χ0) is 21.5. The fraction of sp³-hybridized carbons (Fsp3) is 0.391. The van der Waals surface area contributed by atoms with Gasteiger partial charge in [-0.25, -0.2) is 0 Å². The van der Waals surface area contributed by atoms with Gasteiger partial charge in [0.05, 0.1) is 13.2 Å². The Morgan fingerprint density at radius 1 is 1.22 bits per heavy atom. The van der Waals surface area contributed by atoms with E-state index in [1.165, 1.54) is 11.1 Å². The lowest BCUT2D eigenvalue weighted by Gasteiger charge is -2.35. The van der Waals surface area contributed by atoms with Gasteiger partial charge in [-0.15, -0.1) is 24.0 Å². The van der Waals surface area contributed by atoms with Crippen LogP contribution in [0.1, 0.15) is 30.0 Å². The molecule has 8 nitrogen and oxygen atoms in total. The van der Waals surface area contributed by atoms with Crippen molar-refractivity contribution in [3.05, 3.63) is 65.6 Å². The fourth-order valence-electron chi connectivity index (χ4n) is 3.61. The molecule has 9 heteroatoms. The van der Waals surface area contributed by atoms with Gasteiger partial charge in [0.15, 0.2) is 11.8 Å². The van der Waals surface area contributed by atoms with Gasteiger partial charge < -0.3 is 19.5 Å². The van der Waals surface area contributed by atoms with Crippen molar-refractivity contribution in [3.63, 3.8) is 0 Å². The molecule has 32 heavy (non-hydrogen) atoms. The Kier molecular flexibility index (Phi) is 8.98. The highest BCUT2D eigenvalue weighted by Crippen LogP contribution is 2.25. The topological polar surface area (TPSA) is 88.7 Å². The maximum atomic E-state index is 6.06. The van der Waals surface area contributed by atoms with E-state index in [9.17, 15) is 0 Å². The number of aryl methyl sites for hydroxylation is 1. The zero-order valence-corrected chi connectivity index (χ0v) is 20.7. The Morgan fingerprint density at radius 3 is 2.84 bits per heavy atom. The van der Waals surface area contributed by atoms with E-state index in [2.05, 4.69) is 63.5 Å². The van der Waals surface area contributed by atoms with Gasteiger partial charge in [-0.1, -0.05) is 35.5 Å². The molecule has 3 heterocycles. The number of pyridine rings is 1. The normalized spacial score (nSPS) is 16.5. The third-order valence-corrected chi connectivity index (χ3v) is 5.19. The van der Waals surface area contributed by atoms with Crippen LogP contribution in [0.5, 0.6) is 0 Å². The van der Waals surface area contributed by atoms with Gasteiger partial charge in [-0.05, 0) is 37.1 Å². The number of aliphatic imine (C=N–C) groups is 1. The SMILES string of the molecule is CCNC(=NCCc1noc(-c2ccccn2)n1)N1CCOC(c2ccccc2C)C1.I. The molecule has 3 aromatic rings. The summed E-state index contributed by atoms with van der Waals surface area (Å²) in [7, 11) is 0. The minimum atomic E-state index is 0. The van der Waals surface area contributed by atoms with E-state index in [1.54, 1.807) is 6.20 Å². The van der Waals surface area contributed by atoms with Crippen LogP contribution >= 0.6 is 24.0 Å². The molecule has 1 aliphatic rings. The number of rotatable bonds is 6. The van der Waals surface area contributed by atoms with Crippen LogP contribution in [-0.4, -0.2) is 58.8 Å². The average Bonchev–Trinajstić information content (AvgIpc) is 3.28. The first-order valence-corrected chi connectivity index (χ1v) is 10.7. The third-order valence-electron chi connectivity index (χ3n) is 5.19. The molecule has 1 unspecified atom stereocenters. The number of benzene rings is 1. The van der Waals surface area contributed by atoms with Crippen LogP contribution in [0.2, 0.25) is 0 Å². The largest absolute Gasteiger partial charge is 0.370 e. The average molecular weight is 548 g/mol. The van der Waals surface area contributed by atoms with Gasteiger partial charge >= 0.3 is 0 Å². The Balaban J connectivity index is 0.00000289. The van der Waals surface area contributed by atoms with Crippen LogP contribution in [0.3, 0.4) is 0 Å². The Bertz CT molecular complexity index is 1010. The zero-order valence-electron chi connectivity index (χ0n) is 18.4. The summed E-state index contributed by atoms with van der Waals surface area (Å²) in [4.78, 5) is 15.7. The van der Waals surface area contributed by atoms with Crippen LogP contribution in [-0.2, 0) is 11.2 Å². The third kappa shape index (κ3) is 6.04. The van der Waals surface area contributed by atoms with E-state index in [0.29, 0.717) is 37.0 Å². The van der Waals surface area contributed by atoms with Crippen molar-refractivity contribution < 1.29 is 9.26 Å². The highest BCUT2D eigenvalue weighted by molar-refractivity contribution is 14.0. The molecule has 0 saturated carbocycles. The van der Waals surface area contributed by atoms with Crippen molar-refractivity contribution in [1.82, 2.24) is 25.3 Å². The van der Waals surface area contributed by atoms with Crippen LogP contribution in [0.25, 0.3) is 11.6 Å². The first kappa shape index (κ1) is 24.1. The number of morpholine rings is 1. The second-order valence-corrected chi connectivity index (χ2v) is 7.38. The summed E-state index contributed by atoms with van der Waals surface area (Å²) in [6, 6.07) is 14.0. The number of nitrogens with one attached hydrogen (secondary N) is 1. The van der Waals surface area contributed by atoms with E-state index >= 15 is 0 Å². The van der Waals surface area contributed by atoms with Gasteiger partial charge in [-0.3, -0.25) is 9.98 Å². The second-order valence-electron chi connectivity index (χ2n) is 7.38. The van der Waals surface area contributed by atoms with Crippen LogP contribution in [0.15, 0.2) is 58.2 Å². The second kappa shape index (κ2) is 11.9. The summed E-state index contributed by atoms with van der Waals surface area (Å²) in [5.74, 6) is 1.94. The predicted octanol–water partition coefficient (Wildman–Crippen LogP) is 3.64. The van der Waals surface area contributed by atoms with E-state index in [0.717, 1.165) is 25.6 Å². The summed E-state index contributed by atoms with van der Waals surface area (Å²) in [6.07, 6.45) is 2.34. The maximum Gasteiger partial charge on any atom is 0.276 e. The molecule has 1 atom stereocenters. The molecule has 0 aliphatic carbocycles. The van der Waals surface area contributed by atoms with Crippen LogP contribution < -0.4 is 5.32 Å². The molecule has 170 valence electrons. The molecule has 4 rings (SSSR count). The van der Waals surface area contributed by atoms with Crippen LogP contribution in [0.4, 0.5) is 0 Å². The summed E-state index contributed by atoms with van der Waals surface area (Å²) >= 11 is 0. The summed E-state index contributed by atoms with van der Waals surface area (Å²) in [5.41, 5.74) is 3.16. The molecule has 0 bridgehead atoms. The maximum absolute atomic E-state index is 6.06. The lowest BCUT2D eigenvalue weighted by molar-refractivity contribution is -0.00832. The van der Waals surface area contributed by atoms with E-state index in [-0.39, 0.29) is 30.1 Å². The fourth-order valence-corrected chi connectivity index (χ4v) is 3.61. The highest BCUT2D eigenvalue weighted by Gasteiger charge is 2.25. The Hall–Kier alpha value is -2.53. The number of nitrogens with zero attached hydrogens (tertiary/aromatic N) is 5. The lowest BCUT2D eigenvalue weighted by atomic mass is 10.0. The van der Waals surface area contributed by atoms with Gasteiger partial charge in [0.25, 0.3) is 5.89 Å². The predicted molar refractivity (Wildman–Crippen MR) is 134 cm³/mol. The van der Waals surface area contributed by atoms with Crippen molar-refractivity contribution in [3.8, 4) is 11.6 Å². The number of guanidine groups is 1. The number of hydrogen-bond donors (Lipinski definition) is 1. The van der Waals surface area contributed by atoms with Crippen molar-refractivity contribution in [2.45, 2.75) is 26.4 Å². The number of aromatic nitrogens is 3. The molecule has 1 N–H and O–H groups in total. The van der Waals surface area contributed by atoms with Crippen molar-refractivity contribution in [2.75, 3.05) is 32.8 Å². The number of ether oxygens (including phenoxy) is 1. The molecule has 0 spiro atoms. The minimum Gasteiger partial charge on any atom is -0.370 e. The molecule has 0 amide bonds. The van der Waals surface area contributed by atoms with Gasteiger partial charge in [0.1, 0.15) is 11.8 Å². The Labute approximate surface area is 205 Å². The van der Waals surface area contributed by atoms with Crippen molar-refractivity contribution >= 4 is 29.9 Å².